The number of carbonyl (C=O) groups is 1. The van der Waals surface area contributed by atoms with Gasteiger partial charge in [0, 0.05) is 6.54 Å². The Bertz CT molecular complexity index is 707. The Morgan fingerprint density at radius 1 is 1.04 bits per heavy atom. The summed E-state index contributed by atoms with van der Waals surface area (Å²) < 4.78 is 5.18. The molecule has 0 atom stereocenters. The van der Waals surface area contributed by atoms with Gasteiger partial charge in [-0.1, -0.05) is 48.6 Å². The fourth-order valence-corrected chi connectivity index (χ4v) is 2.59. The zero-order valence-electron chi connectivity index (χ0n) is 14.8. The Labute approximate surface area is 144 Å². The van der Waals surface area contributed by atoms with E-state index in [0.29, 0.717) is 6.54 Å². The summed E-state index contributed by atoms with van der Waals surface area (Å²) in [4.78, 5) is 11.7. The second-order valence-corrected chi connectivity index (χ2v) is 6.02. The van der Waals surface area contributed by atoms with Crippen LogP contribution in [0, 0.1) is 27.7 Å². The number of nitrogens with one attached hydrogen (secondary N) is 1. The molecule has 2 aromatic carbocycles. The van der Waals surface area contributed by atoms with Crippen molar-refractivity contribution < 1.29 is 9.53 Å². The van der Waals surface area contributed by atoms with E-state index >= 15 is 0 Å². The van der Waals surface area contributed by atoms with Crippen molar-refractivity contribution in [2.45, 2.75) is 34.3 Å². The van der Waals surface area contributed by atoms with Crippen molar-refractivity contribution in [2.24, 2.45) is 0 Å². The summed E-state index contributed by atoms with van der Waals surface area (Å²) >= 11 is 0. The number of aryl methyl sites for hydroxylation is 2. The molecule has 0 aromatic heterocycles. The van der Waals surface area contributed by atoms with Crippen LogP contribution in [0.4, 0.5) is 4.79 Å². The van der Waals surface area contributed by atoms with Gasteiger partial charge < -0.3 is 10.1 Å². The van der Waals surface area contributed by atoms with Crippen LogP contribution in [0.1, 0.15) is 33.4 Å². The molecule has 2 rings (SSSR count). The van der Waals surface area contributed by atoms with Crippen molar-refractivity contribution in [1.82, 2.24) is 5.32 Å². The lowest BCUT2D eigenvalue weighted by atomic mass is 9.94. The van der Waals surface area contributed by atoms with E-state index in [0.717, 1.165) is 5.56 Å². The van der Waals surface area contributed by atoms with Gasteiger partial charge >= 0.3 is 6.09 Å². The van der Waals surface area contributed by atoms with E-state index in [9.17, 15) is 4.79 Å². The lowest BCUT2D eigenvalue weighted by molar-refractivity contribution is 0.141. The molecule has 1 N–H and O–H groups in total. The molecule has 0 aliphatic carbocycles. The van der Waals surface area contributed by atoms with Gasteiger partial charge in [-0.15, -0.1) is 0 Å². The van der Waals surface area contributed by atoms with E-state index in [2.05, 4.69) is 45.2 Å². The topological polar surface area (TPSA) is 38.3 Å². The maximum absolute atomic E-state index is 11.7. The highest BCUT2D eigenvalue weighted by molar-refractivity contribution is 5.68. The Hall–Kier alpha value is -2.55. The predicted molar refractivity (Wildman–Crippen MR) is 99.1 cm³/mol. The van der Waals surface area contributed by atoms with Gasteiger partial charge in [0.1, 0.15) is 6.61 Å². The number of amides is 1. The molecule has 3 nitrogen and oxygen atoms in total. The summed E-state index contributed by atoms with van der Waals surface area (Å²) in [5.74, 6) is 0. The average molecular weight is 323 g/mol. The summed E-state index contributed by atoms with van der Waals surface area (Å²) in [7, 11) is 0. The van der Waals surface area contributed by atoms with Crippen molar-refractivity contribution in [3.05, 3.63) is 75.9 Å². The van der Waals surface area contributed by atoms with Crippen LogP contribution < -0.4 is 5.32 Å². The molecule has 0 unspecified atom stereocenters. The van der Waals surface area contributed by atoms with Gasteiger partial charge in [0.05, 0.1) is 0 Å². The fraction of sp³-hybridized carbons (Fsp3) is 0.286. The van der Waals surface area contributed by atoms with Crippen LogP contribution in [0.25, 0.3) is 6.08 Å². The molecule has 24 heavy (non-hydrogen) atoms. The molecule has 0 aliphatic heterocycles. The fourth-order valence-electron chi connectivity index (χ4n) is 2.59. The van der Waals surface area contributed by atoms with Crippen LogP contribution >= 0.6 is 0 Å². The van der Waals surface area contributed by atoms with Crippen LogP contribution in [0.5, 0.6) is 0 Å². The minimum absolute atomic E-state index is 0.283. The molecule has 126 valence electrons. The monoisotopic (exact) mass is 323 g/mol. The molecular weight excluding hydrogens is 298 g/mol. The molecular formula is C21H25NO2. The molecule has 0 fully saturated rings. The van der Waals surface area contributed by atoms with Gasteiger partial charge in [-0.3, -0.25) is 0 Å². The summed E-state index contributed by atoms with van der Waals surface area (Å²) in [6, 6.07) is 11.9. The van der Waals surface area contributed by atoms with Crippen LogP contribution in [0.3, 0.4) is 0 Å². The van der Waals surface area contributed by atoms with Crippen LogP contribution in [-0.4, -0.2) is 12.6 Å². The highest BCUT2D eigenvalue weighted by atomic mass is 16.5. The summed E-state index contributed by atoms with van der Waals surface area (Å²) in [6.07, 6.45) is 3.62. The van der Waals surface area contributed by atoms with E-state index in [1.54, 1.807) is 0 Å². The summed E-state index contributed by atoms with van der Waals surface area (Å²) in [6.45, 7) is 9.23. The zero-order valence-corrected chi connectivity index (χ0v) is 14.8. The number of hydrogen-bond donors (Lipinski definition) is 1. The number of ether oxygens (including phenoxy) is 1. The Balaban J connectivity index is 1.86. The van der Waals surface area contributed by atoms with E-state index in [-0.39, 0.29) is 6.61 Å². The first-order chi connectivity index (χ1) is 11.5. The van der Waals surface area contributed by atoms with Gasteiger partial charge in [-0.25, -0.2) is 4.79 Å². The third-order valence-corrected chi connectivity index (χ3v) is 4.29. The standard InChI is InChI=1S/C21H25NO2/c1-15-13-16(2)18(4)20(17(15)3)11-8-12-22-21(23)24-14-19-9-6-5-7-10-19/h5-11,13H,12,14H2,1-4H3,(H,22,23). The normalized spacial score (nSPS) is 10.8. The molecule has 3 heteroatoms. The van der Waals surface area contributed by atoms with Crippen LogP contribution in [0.2, 0.25) is 0 Å². The summed E-state index contributed by atoms with van der Waals surface area (Å²) in [5, 5.41) is 2.74. The smallest absolute Gasteiger partial charge is 0.407 e. The minimum atomic E-state index is -0.405. The van der Waals surface area contributed by atoms with E-state index in [1.165, 1.54) is 27.8 Å². The minimum Gasteiger partial charge on any atom is -0.445 e. The van der Waals surface area contributed by atoms with E-state index in [4.69, 9.17) is 4.74 Å². The van der Waals surface area contributed by atoms with Crippen molar-refractivity contribution in [3.8, 4) is 0 Å². The molecule has 0 bridgehead atoms. The van der Waals surface area contributed by atoms with Crippen molar-refractivity contribution in [1.29, 1.82) is 0 Å². The second kappa shape index (κ2) is 8.34. The molecule has 0 saturated heterocycles. The Morgan fingerprint density at radius 2 is 1.67 bits per heavy atom. The number of benzene rings is 2. The lowest BCUT2D eigenvalue weighted by Gasteiger charge is -2.12. The maximum Gasteiger partial charge on any atom is 0.407 e. The van der Waals surface area contributed by atoms with Gasteiger partial charge in [0.2, 0.25) is 0 Å². The first-order valence-electron chi connectivity index (χ1n) is 8.17. The third-order valence-electron chi connectivity index (χ3n) is 4.29. The number of alkyl carbamates (subject to hydrolysis) is 1. The lowest BCUT2D eigenvalue weighted by Crippen LogP contribution is -2.24. The van der Waals surface area contributed by atoms with Gasteiger partial charge in [0.15, 0.2) is 0 Å². The van der Waals surface area contributed by atoms with E-state index < -0.39 is 6.09 Å². The molecule has 0 aliphatic rings. The molecule has 1 amide bonds. The van der Waals surface area contributed by atoms with E-state index in [1.807, 2.05) is 36.4 Å². The predicted octanol–water partition coefficient (Wildman–Crippen LogP) is 4.86. The van der Waals surface area contributed by atoms with Crippen molar-refractivity contribution in [3.63, 3.8) is 0 Å². The highest BCUT2D eigenvalue weighted by Crippen LogP contribution is 2.22. The van der Waals surface area contributed by atoms with Crippen molar-refractivity contribution in [2.75, 3.05) is 6.54 Å². The molecule has 0 saturated carbocycles. The van der Waals surface area contributed by atoms with Gasteiger partial charge in [0.25, 0.3) is 0 Å². The van der Waals surface area contributed by atoms with Crippen molar-refractivity contribution >= 4 is 12.2 Å². The summed E-state index contributed by atoms with van der Waals surface area (Å²) in [5.41, 5.74) is 7.33. The third kappa shape index (κ3) is 4.72. The highest BCUT2D eigenvalue weighted by Gasteiger charge is 2.05. The number of rotatable bonds is 5. The average Bonchev–Trinajstić information content (AvgIpc) is 2.58. The number of carbonyl (C=O) groups excluding carboxylic acids is 1. The molecule has 0 radical (unpaired) electrons. The van der Waals surface area contributed by atoms with Crippen LogP contribution in [0.15, 0.2) is 42.5 Å². The first kappa shape index (κ1) is 17.8. The van der Waals surface area contributed by atoms with Gasteiger partial charge in [-0.05, 0) is 61.1 Å². The Kier molecular flexibility index (Phi) is 6.19. The van der Waals surface area contributed by atoms with Gasteiger partial charge in [-0.2, -0.15) is 0 Å². The zero-order chi connectivity index (χ0) is 17.5. The Morgan fingerprint density at radius 3 is 2.29 bits per heavy atom. The molecule has 0 heterocycles. The molecule has 2 aromatic rings. The van der Waals surface area contributed by atoms with Crippen LogP contribution in [-0.2, 0) is 11.3 Å². The number of hydrogen-bond acceptors (Lipinski definition) is 2. The largest absolute Gasteiger partial charge is 0.445 e. The maximum atomic E-state index is 11.7. The molecule has 0 spiro atoms. The SMILES string of the molecule is Cc1cc(C)c(C)c(C=CCNC(=O)OCc2ccccc2)c1C. The first-order valence-corrected chi connectivity index (χ1v) is 8.17. The second-order valence-electron chi connectivity index (χ2n) is 6.02. The quantitative estimate of drug-likeness (QED) is 0.853.